The van der Waals surface area contributed by atoms with E-state index in [0.717, 1.165) is 31.7 Å². The van der Waals surface area contributed by atoms with Crippen LogP contribution in [0.4, 0.5) is 0 Å². The Morgan fingerprint density at radius 3 is 2.71 bits per heavy atom. The number of para-hydroxylation sites is 1. The Hall–Kier alpha value is -1.02. The van der Waals surface area contributed by atoms with Crippen LogP contribution in [0.15, 0.2) is 24.3 Å². The average Bonchev–Trinajstić information content (AvgIpc) is 2.37. The van der Waals surface area contributed by atoms with E-state index in [0.29, 0.717) is 6.04 Å². The zero-order valence-corrected chi connectivity index (χ0v) is 11.3. The fourth-order valence-electron chi connectivity index (χ4n) is 1.78. The van der Waals surface area contributed by atoms with Crippen LogP contribution in [0.1, 0.15) is 39.2 Å². The number of rotatable bonds is 8. The summed E-state index contributed by atoms with van der Waals surface area (Å²) in [5.41, 5.74) is 1.29. The van der Waals surface area contributed by atoms with Gasteiger partial charge >= 0.3 is 0 Å². The predicted molar refractivity (Wildman–Crippen MR) is 73.7 cm³/mol. The first-order chi connectivity index (χ1) is 8.27. The molecule has 96 valence electrons. The molecule has 0 bridgehead atoms. The van der Waals surface area contributed by atoms with Crippen LogP contribution in [-0.4, -0.2) is 19.2 Å². The summed E-state index contributed by atoms with van der Waals surface area (Å²) in [6, 6.07) is 8.82. The van der Waals surface area contributed by atoms with Crippen molar-refractivity contribution in [2.45, 2.75) is 46.1 Å². The summed E-state index contributed by atoms with van der Waals surface area (Å²) in [5, 5.41) is 3.47. The molecule has 0 amide bonds. The van der Waals surface area contributed by atoms with Gasteiger partial charge in [-0.05, 0) is 44.4 Å². The summed E-state index contributed by atoms with van der Waals surface area (Å²) in [6.07, 6.45) is 3.27. The molecule has 0 fully saturated rings. The zero-order chi connectivity index (χ0) is 12.5. The number of nitrogens with one attached hydrogen (secondary N) is 1. The van der Waals surface area contributed by atoms with E-state index in [-0.39, 0.29) is 0 Å². The molecule has 1 rings (SSSR count). The summed E-state index contributed by atoms with van der Waals surface area (Å²) in [6.45, 7) is 8.44. The second kappa shape index (κ2) is 8.13. The molecule has 0 saturated heterocycles. The summed E-state index contributed by atoms with van der Waals surface area (Å²) in [7, 11) is 0. The smallest absolute Gasteiger partial charge is 0.122 e. The van der Waals surface area contributed by atoms with E-state index < -0.39 is 0 Å². The van der Waals surface area contributed by atoms with Crippen molar-refractivity contribution in [3.63, 3.8) is 0 Å². The Bertz CT molecular complexity index is 312. The summed E-state index contributed by atoms with van der Waals surface area (Å²) in [5.74, 6) is 1.04. The van der Waals surface area contributed by atoms with Crippen LogP contribution in [0.25, 0.3) is 0 Å². The van der Waals surface area contributed by atoms with E-state index in [9.17, 15) is 0 Å². The minimum atomic E-state index is 0.531. The number of benzene rings is 1. The lowest BCUT2D eigenvalue weighted by Gasteiger charge is -2.15. The number of aryl methyl sites for hydroxylation is 1. The van der Waals surface area contributed by atoms with Crippen molar-refractivity contribution >= 4 is 0 Å². The van der Waals surface area contributed by atoms with Crippen molar-refractivity contribution < 1.29 is 4.74 Å². The van der Waals surface area contributed by atoms with Crippen LogP contribution in [0.5, 0.6) is 5.75 Å². The fraction of sp³-hybridized carbons (Fsp3) is 0.600. The molecular weight excluding hydrogens is 210 g/mol. The SMILES string of the molecule is CCCNC(C)CCOc1ccccc1CC. The molecule has 0 saturated carbocycles. The van der Waals surface area contributed by atoms with Gasteiger partial charge in [-0.2, -0.15) is 0 Å². The van der Waals surface area contributed by atoms with Crippen LogP contribution in [0, 0.1) is 0 Å². The van der Waals surface area contributed by atoms with Crippen molar-refractivity contribution in [1.82, 2.24) is 5.32 Å². The standard InChI is InChI=1S/C15H25NO/c1-4-11-16-13(3)10-12-17-15-9-7-6-8-14(15)5-2/h6-9,13,16H,4-5,10-12H2,1-3H3. The van der Waals surface area contributed by atoms with E-state index in [1.54, 1.807) is 0 Å². The third-order valence-corrected chi connectivity index (χ3v) is 2.90. The number of hydrogen-bond donors (Lipinski definition) is 1. The molecule has 1 aromatic rings. The van der Waals surface area contributed by atoms with Crippen molar-refractivity contribution in [2.75, 3.05) is 13.2 Å². The monoisotopic (exact) mass is 235 g/mol. The van der Waals surface area contributed by atoms with E-state index >= 15 is 0 Å². The van der Waals surface area contributed by atoms with E-state index in [2.05, 4.69) is 44.3 Å². The molecule has 0 spiro atoms. The maximum Gasteiger partial charge on any atom is 0.122 e. The quantitative estimate of drug-likeness (QED) is 0.745. The molecule has 17 heavy (non-hydrogen) atoms. The highest BCUT2D eigenvalue weighted by Crippen LogP contribution is 2.18. The van der Waals surface area contributed by atoms with Gasteiger partial charge in [0, 0.05) is 6.04 Å². The Labute approximate surface area is 105 Å². The summed E-state index contributed by atoms with van der Waals surface area (Å²) < 4.78 is 5.84. The molecule has 0 aliphatic heterocycles. The molecule has 2 nitrogen and oxygen atoms in total. The van der Waals surface area contributed by atoms with Crippen LogP contribution < -0.4 is 10.1 Å². The van der Waals surface area contributed by atoms with Gasteiger partial charge in [0.2, 0.25) is 0 Å². The molecular formula is C15H25NO. The molecule has 0 heterocycles. The second-order valence-corrected chi connectivity index (χ2v) is 4.45. The minimum Gasteiger partial charge on any atom is -0.493 e. The van der Waals surface area contributed by atoms with E-state index in [1.165, 1.54) is 12.0 Å². The van der Waals surface area contributed by atoms with Crippen molar-refractivity contribution in [3.05, 3.63) is 29.8 Å². The molecule has 0 aromatic heterocycles. The maximum absolute atomic E-state index is 5.84. The van der Waals surface area contributed by atoms with Crippen LogP contribution in [-0.2, 0) is 6.42 Å². The Balaban J connectivity index is 2.30. The lowest BCUT2D eigenvalue weighted by molar-refractivity contribution is 0.288. The van der Waals surface area contributed by atoms with E-state index in [4.69, 9.17) is 4.74 Å². The van der Waals surface area contributed by atoms with Gasteiger partial charge in [-0.1, -0.05) is 32.0 Å². The molecule has 1 N–H and O–H groups in total. The minimum absolute atomic E-state index is 0.531. The summed E-state index contributed by atoms with van der Waals surface area (Å²) >= 11 is 0. The van der Waals surface area contributed by atoms with Gasteiger partial charge in [-0.15, -0.1) is 0 Å². The third-order valence-electron chi connectivity index (χ3n) is 2.90. The van der Waals surface area contributed by atoms with Crippen molar-refractivity contribution in [1.29, 1.82) is 0 Å². The highest BCUT2D eigenvalue weighted by molar-refractivity contribution is 5.33. The van der Waals surface area contributed by atoms with E-state index in [1.807, 2.05) is 6.07 Å². The summed E-state index contributed by atoms with van der Waals surface area (Å²) in [4.78, 5) is 0. The molecule has 0 radical (unpaired) electrons. The molecule has 0 aliphatic carbocycles. The number of ether oxygens (including phenoxy) is 1. The Morgan fingerprint density at radius 1 is 1.24 bits per heavy atom. The normalized spacial score (nSPS) is 12.4. The van der Waals surface area contributed by atoms with Crippen LogP contribution >= 0.6 is 0 Å². The first-order valence-corrected chi connectivity index (χ1v) is 6.72. The largest absolute Gasteiger partial charge is 0.493 e. The maximum atomic E-state index is 5.84. The highest BCUT2D eigenvalue weighted by Gasteiger charge is 2.03. The van der Waals surface area contributed by atoms with Gasteiger partial charge in [-0.3, -0.25) is 0 Å². The van der Waals surface area contributed by atoms with Gasteiger partial charge in [0.1, 0.15) is 5.75 Å². The van der Waals surface area contributed by atoms with Gasteiger partial charge in [-0.25, -0.2) is 0 Å². The molecule has 0 aliphatic rings. The highest BCUT2D eigenvalue weighted by atomic mass is 16.5. The third kappa shape index (κ3) is 5.22. The zero-order valence-electron chi connectivity index (χ0n) is 11.3. The Morgan fingerprint density at radius 2 is 2.00 bits per heavy atom. The first kappa shape index (κ1) is 14.0. The van der Waals surface area contributed by atoms with Crippen molar-refractivity contribution in [3.8, 4) is 5.75 Å². The molecule has 2 heteroatoms. The second-order valence-electron chi connectivity index (χ2n) is 4.45. The fourth-order valence-corrected chi connectivity index (χ4v) is 1.78. The molecule has 1 atom stereocenters. The molecule has 1 unspecified atom stereocenters. The predicted octanol–water partition coefficient (Wildman–Crippen LogP) is 3.41. The van der Waals surface area contributed by atoms with Gasteiger partial charge in [0.05, 0.1) is 6.61 Å². The lowest BCUT2D eigenvalue weighted by atomic mass is 10.1. The number of hydrogen-bond acceptors (Lipinski definition) is 2. The lowest BCUT2D eigenvalue weighted by Crippen LogP contribution is -2.28. The average molecular weight is 235 g/mol. The van der Waals surface area contributed by atoms with Gasteiger partial charge < -0.3 is 10.1 Å². The van der Waals surface area contributed by atoms with Gasteiger partial charge in [0.15, 0.2) is 0 Å². The van der Waals surface area contributed by atoms with Gasteiger partial charge in [0.25, 0.3) is 0 Å². The first-order valence-electron chi connectivity index (χ1n) is 6.72. The topological polar surface area (TPSA) is 21.3 Å². The Kier molecular flexibility index (Phi) is 6.71. The van der Waals surface area contributed by atoms with Crippen LogP contribution in [0.2, 0.25) is 0 Å². The van der Waals surface area contributed by atoms with Crippen LogP contribution in [0.3, 0.4) is 0 Å². The van der Waals surface area contributed by atoms with Crippen molar-refractivity contribution in [2.24, 2.45) is 0 Å². The molecule has 1 aromatic carbocycles.